The molecule has 3 aromatic carbocycles. The number of ketones is 1. The molecule has 308 valence electrons. The van der Waals surface area contributed by atoms with Crippen molar-refractivity contribution < 1.29 is 151 Å². The van der Waals surface area contributed by atoms with Gasteiger partial charge in [0.1, 0.15) is 35.3 Å². The van der Waals surface area contributed by atoms with Gasteiger partial charge in [-0.25, -0.2) is 14.0 Å². The van der Waals surface area contributed by atoms with Crippen LogP contribution in [0.5, 0.6) is 0 Å². The van der Waals surface area contributed by atoms with E-state index in [9.17, 15) is 49.1 Å². The molecule has 1 aliphatic heterocycles. The van der Waals surface area contributed by atoms with Gasteiger partial charge in [0.2, 0.25) is 0 Å². The fourth-order valence-corrected chi connectivity index (χ4v) is 9.55. The van der Waals surface area contributed by atoms with Gasteiger partial charge in [-0.2, -0.15) is 0 Å². The second-order valence-electron chi connectivity index (χ2n) is 16.4. The van der Waals surface area contributed by atoms with Gasteiger partial charge in [0.15, 0.2) is 11.9 Å². The molecule has 59 heavy (non-hydrogen) atoms. The molecule has 0 aromatic heterocycles. The standard InChI is InChI=1S/C43H46FNO12.2Ac/c1-22-27(56-39(52)33(48)31(23-15-17-26(44)18-16-23)45-37(50)24-11-7-5-8-12-24)20-43(54)36(57-38(51)25-13-9-6-10-14-25)34-41(4,28(46)19-29-42(34,53)21-55-29)35(49)32(47)30(22)40(43,2)3;;/h5-18,27-29,31-34,36,46-48,53-54H,19-21H2,1-4H3,(H,45,50);;/t27?,28?,29?,31?,32?,33?,34?,36?,41-,42?,43?;;/m1../s1. The summed E-state index contributed by atoms with van der Waals surface area (Å²) < 4.78 is 31.7. The van der Waals surface area contributed by atoms with Gasteiger partial charge < -0.3 is 45.1 Å². The van der Waals surface area contributed by atoms with Crippen LogP contribution in [0.3, 0.4) is 0 Å². The summed E-state index contributed by atoms with van der Waals surface area (Å²) in [4.78, 5) is 56.0. The van der Waals surface area contributed by atoms with E-state index in [1.165, 1.54) is 64.1 Å². The van der Waals surface area contributed by atoms with Crippen molar-refractivity contribution in [1.82, 2.24) is 5.32 Å². The number of aliphatic hydroxyl groups excluding tert-OH is 3. The first kappa shape index (κ1) is 48.1. The molecule has 13 nitrogen and oxygen atoms in total. The van der Waals surface area contributed by atoms with Crippen LogP contribution in [0.1, 0.15) is 72.9 Å². The van der Waals surface area contributed by atoms with Crippen LogP contribution in [-0.4, -0.2) is 104 Å². The van der Waals surface area contributed by atoms with Crippen LogP contribution >= 0.6 is 0 Å². The summed E-state index contributed by atoms with van der Waals surface area (Å²) in [6, 6.07) is 19.1. The molecule has 3 aliphatic carbocycles. The van der Waals surface area contributed by atoms with Crippen molar-refractivity contribution >= 4 is 23.6 Å². The van der Waals surface area contributed by atoms with E-state index >= 15 is 0 Å². The first-order valence-corrected chi connectivity index (χ1v) is 18.8. The summed E-state index contributed by atoms with van der Waals surface area (Å²) in [5, 5.41) is 63.4. The Kier molecular flexibility index (Phi) is 14.7. The Morgan fingerprint density at radius 2 is 1.46 bits per heavy atom. The van der Waals surface area contributed by atoms with Crippen LogP contribution in [0.25, 0.3) is 0 Å². The third-order valence-electron chi connectivity index (χ3n) is 13.0. The fourth-order valence-electron chi connectivity index (χ4n) is 9.55. The maximum absolute atomic E-state index is 14.7. The van der Waals surface area contributed by atoms with Crippen LogP contribution in [-0.2, 0) is 23.8 Å². The third kappa shape index (κ3) is 8.12. The maximum atomic E-state index is 14.7. The van der Waals surface area contributed by atoms with E-state index in [4.69, 9.17) is 14.2 Å². The monoisotopic (exact) mass is 1240 g/mol. The molecule has 3 fully saturated rings. The first-order chi connectivity index (χ1) is 26.9. The Morgan fingerprint density at radius 1 is 0.881 bits per heavy atom. The number of fused-ring (bicyclic) bond motifs is 5. The van der Waals surface area contributed by atoms with Gasteiger partial charge >= 0.3 is 11.9 Å². The van der Waals surface area contributed by atoms with Crippen LogP contribution in [0.2, 0.25) is 0 Å². The number of rotatable bonds is 8. The number of ether oxygens (including phenoxy) is 3. The molecule has 0 spiro atoms. The molecule has 7 rings (SSSR count). The SMILES string of the molecule is CC1=C2C(O)C(=O)[C@]3(C)C(O)CC4OCC4(O)C3C(OC(=O)c3ccccc3)C(O)(CC1OC(=O)C(O)C(NC(=O)c1ccccc1)c1ccc(F)cc1)C2(C)C.[Ac].[Ac]. The maximum Gasteiger partial charge on any atom is 0.338 e. The second-order valence-corrected chi connectivity index (χ2v) is 16.4. The number of Topliss-reactive ketones (excluding diaryl/α,β-unsaturated/α-hetero) is 1. The molecule has 1 amide bonds. The van der Waals surface area contributed by atoms with E-state index in [0.717, 1.165) is 12.1 Å². The van der Waals surface area contributed by atoms with Gasteiger partial charge in [-0.3, -0.25) is 9.59 Å². The van der Waals surface area contributed by atoms with Crippen LogP contribution in [0.4, 0.5) is 4.39 Å². The zero-order valence-electron chi connectivity index (χ0n) is 32.9. The minimum atomic E-state index is -2.35. The normalized spacial score (nSPS) is 32.7. The van der Waals surface area contributed by atoms with Gasteiger partial charge in [-0.1, -0.05) is 62.4 Å². The minimum absolute atomic E-state index is 0. The van der Waals surface area contributed by atoms with E-state index < -0.39 is 106 Å². The average molecular weight is 1240 g/mol. The summed E-state index contributed by atoms with van der Waals surface area (Å²) in [6.07, 6.45) is -10.7. The zero-order chi connectivity index (χ0) is 41.2. The Balaban J connectivity index is 0.00000331. The molecular formula is C43H46Ac2FNO12. The second kappa shape index (κ2) is 18.0. The zero-order valence-corrected chi connectivity index (χ0v) is 42.4. The van der Waals surface area contributed by atoms with Crippen molar-refractivity contribution in [3.05, 3.63) is 119 Å². The largest absolute Gasteiger partial charge is 0.456 e. The summed E-state index contributed by atoms with van der Waals surface area (Å²) in [7, 11) is 0. The van der Waals surface area contributed by atoms with Crippen molar-refractivity contribution in [2.24, 2.45) is 16.7 Å². The number of hydrogen-bond donors (Lipinski definition) is 6. The molecule has 2 saturated carbocycles. The first-order valence-electron chi connectivity index (χ1n) is 18.8. The van der Waals surface area contributed by atoms with E-state index in [2.05, 4.69) is 5.32 Å². The Labute approximate surface area is 412 Å². The predicted molar refractivity (Wildman–Crippen MR) is 199 cm³/mol. The molecule has 16 heteroatoms. The molecular weight excluding hydrogens is 1200 g/mol. The molecule has 1 heterocycles. The Bertz CT molecular complexity index is 2110. The smallest absolute Gasteiger partial charge is 0.338 e. The molecule has 6 N–H and O–H groups in total. The number of carbonyl (C=O) groups is 4. The molecule has 4 aliphatic rings. The van der Waals surface area contributed by atoms with Gasteiger partial charge in [0, 0.05) is 118 Å². The van der Waals surface area contributed by atoms with E-state index in [1.807, 2.05) is 0 Å². The molecule has 11 atom stereocenters. The molecule has 2 bridgehead atoms. The van der Waals surface area contributed by atoms with Crippen molar-refractivity contribution in [3.63, 3.8) is 0 Å². The number of carbonyl (C=O) groups excluding carboxylic acids is 4. The summed E-state index contributed by atoms with van der Waals surface area (Å²) in [5.41, 5.74) is -7.39. The number of nitrogens with one attached hydrogen (secondary N) is 1. The van der Waals surface area contributed by atoms with Crippen molar-refractivity contribution in [3.8, 4) is 0 Å². The van der Waals surface area contributed by atoms with Gasteiger partial charge in [0.05, 0.1) is 35.8 Å². The van der Waals surface area contributed by atoms with Crippen molar-refractivity contribution in [2.45, 2.75) is 94.4 Å². The number of amides is 1. The van der Waals surface area contributed by atoms with E-state index in [-0.39, 0.29) is 129 Å². The number of benzene rings is 3. The number of esters is 2. The summed E-state index contributed by atoms with van der Waals surface area (Å²) in [5.74, 6) is -5.95. The average Bonchev–Trinajstić information content (AvgIpc) is 3.19. The number of aliphatic hydroxyl groups is 5. The topological polar surface area (TPSA) is 209 Å². The predicted octanol–water partition coefficient (Wildman–Crippen LogP) is 2.73. The number of halogens is 1. The van der Waals surface area contributed by atoms with Crippen LogP contribution in [0.15, 0.2) is 96.1 Å². The van der Waals surface area contributed by atoms with Crippen molar-refractivity contribution in [1.29, 1.82) is 0 Å². The Hall–Kier alpha value is -1.95. The van der Waals surface area contributed by atoms with Gasteiger partial charge in [0.25, 0.3) is 5.91 Å². The third-order valence-corrected chi connectivity index (χ3v) is 13.0. The fraction of sp³-hybridized carbons (Fsp3) is 0.442. The van der Waals surface area contributed by atoms with Gasteiger partial charge in [-0.15, -0.1) is 0 Å². The summed E-state index contributed by atoms with van der Waals surface area (Å²) >= 11 is 0. The number of hydrogen-bond acceptors (Lipinski definition) is 12. The van der Waals surface area contributed by atoms with Crippen LogP contribution in [0, 0.1) is 111 Å². The molecule has 1 saturated heterocycles. The molecule has 3 aromatic rings. The Morgan fingerprint density at radius 3 is 2.02 bits per heavy atom. The van der Waals surface area contributed by atoms with Gasteiger partial charge in [-0.05, 0) is 67.0 Å². The van der Waals surface area contributed by atoms with Crippen molar-refractivity contribution in [2.75, 3.05) is 6.61 Å². The van der Waals surface area contributed by atoms with E-state index in [0.29, 0.717) is 0 Å². The summed E-state index contributed by atoms with van der Waals surface area (Å²) in [6.45, 7) is 5.57. The molecule has 10 unspecified atom stereocenters. The van der Waals surface area contributed by atoms with Crippen LogP contribution < -0.4 is 5.32 Å². The molecule has 2 radical (unpaired) electrons. The quantitative estimate of drug-likeness (QED) is 0.142. The van der Waals surface area contributed by atoms with E-state index in [1.54, 1.807) is 36.4 Å². The minimum Gasteiger partial charge on any atom is -0.456 e.